The zero-order valence-electron chi connectivity index (χ0n) is 9.08. The number of nitrogens with zero attached hydrogens (tertiary/aromatic N) is 1. The van der Waals surface area contributed by atoms with Crippen LogP contribution in [0.15, 0.2) is 0 Å². The van der Waals surface area contributed by atoms with E-state index in [4.69, 9.17) is 0 Å². The van der Waals surface area contributed by atoms with E-state index in [0.29, 0.717) is 5.25 Å². The van der Waals surface area contributed by atoms with E-state index in [1.54, 1.807) is 0 Å². The van der Waals surface area contributed by atoms with Gasteiger partial charge in [-0.3, -0.25) is 0 Å². The zero-order chi connectivity index (χ0) is 10.4. The first-order valence-electron chi connectivity index (χ1n) is 5.29. The average Bonchev–Trinajstić information content (AvgIpc) is 2.70. The number of thioether (sulfide) groups is 1. The van der Waals surface area contributed by atoms with Crippen molar-refractivity contribution in [2.45, 2.75) is 31.4 Å². The standard InChI is InChI=1S/C10H20N2OS/c1-9(14-2)5-6-11-10(13)12-7-3-4-8-12/h9H,3-8H2,1-2H3,(H,11,13). The van der Waals surface area contributed by atoms with Crippen LogP contribution in [0.3, 0.4) is 0 Å². The Bertz CT molecular complexity index is 181. The van der Waals surface area contributed by atoms with Gasteiger partial charge in [0.15, 0.2) is 0 Å². The number of carbonyl (C=O) groups excluding carboxylic acids is 1. The van der Waals surface area contributed by atoms with Crippen molar-refractivity contribution in [3.8, 4) is 0 Å². The summed E-state index contributed by atoms with van der Waals surface area (Å²) in [7, 11) is 0. The Hall–Kier alpha value is -0.380. The van der Waals surface area contributed by atoms with Gasteiger partial charge in [0.1, 0.15) is 0 Å². The number of nitrogens with one attached hydrogen (secondary N) is 1. The molecule has 0 bridgehead atoms. The van der Waals surface area contributed by atoms with Crippen LogP contribution in [0.4, 0.5) is 4.79 Å². The Morgan fingerprint density at radius 2 is 2.14 bits per heavy atom. The first-order valence-corrected chi connectivity index (χ1v) is 6.58. The number of hydrogen-bond acceptors (Lipinski definition) is 2. The molecule has 2 amide bonds. The molecular weight excluding hydrogens is 196 g/mol. The zero-order valence-corrected chi connectivity index (χ0v) is 9.90. The summed E-state index contributed by atoms with van der Waals surface area (Å²) in [5, 5.41) is 3.60. The van der Waals surface area contributed by atoms with E-state index in [-0.39, 0.29) is 6.03 Å². The molecule has 1 aliphatic rings. The Kier molecular flexibility index (Phi) is 5.15. The molecule has 82 valence electrons. The Morgan fingerprint density at radius 3 is 2.71 bits per heavy atom. The number of amides is 2. The highest BCUT2D eigenvalue weighted by molar-refractivity contribution is 7.99. The van der Waals surface area contributed by atoms with Crippen LogP contribution in [0.5, 0.6) is 0 Å². The van der Waals surface area contributed by atoms with Crippen molar-refractivity contribution in [1.82, 2.24) is 10.2 Å². The molecule has 1 fully saturated rings. The third-order valence-corrected chi connectivity index (χ3v) is 3.66. The van der Waals surface area contributed by atoms with Crippen molar-refractivity contribution in [3.05, 3.63) is 0 Å². The van der Waals surface area contributed by atoms with Crippen LogP contribution in [-0.2, 0) is 0 Å². The largest absolute Gasteiger partial charge is 0.338 e. The number of carbonyl (C=O) groups is 1. The fraction of sp³-hybridized carbons (Fsp3) is 0.900. The molecule has 14 heavy (non-hydrogen) atoms. The van der Waals surface area contributed by atoms with Gasteiger partial charge in [-0.15, -0.1) is 0 Å². The third-order valence-electron chi connectivity index (χ3n) is 2.62. The predicted molar refractivity (Wildman–Crippen MR) is 61.8 cm³/mol. The summed E-state index contributed by atoms with van der Waals surface area (Å²) in [6.45, 7) is 4.86. The number of likely N-dealkylation sites (tertiary alicyclic amines) is 1. The van der Waals surface area contributed by atoms with Gasteiger partial charge in [0.25, 0.3) is 0 Å². The average molecular weight is 216 g/mol. The van der Waals surface area contributed by atoms with Crippen LogP contribution < -0.4 is 5.32 Å². The summed E-state index contributed by atoms with van der Waals surface area (Å²) in [4.78, 5) is 13.4. The number of hydrogen-bond donors (Lipinski definition) is 1. The van der Waals surface area contributed by atoms with Crippen LogP contribution in [-0.4, -0.2) is 42.1 Å². The van der Waals surface area contributed by atoms with Gasteiger partial charge in [0.05, 0.1) is 0 Å². The molecule has 1 rings (SSSR count). The fourth-order valence-electron chi connectivity index (χ4n) is 1.53. The molecule has 0 aliphatic carbocycles. The molecule has 0 aromatic heterocycles. The molecule has 0 aromatic carbocycles. The normalized spacial score (nSPS) is 18.3. The van der Waals surface area contributed by atoms with E-state index in [9.17, 15) is 4.79 Å². The summed E-state index contributed by atoms with van der Waals surface area (Å²) in [5.74, 6) is 0. The summed E-state index contributed by atoms with van der Waals surface area (Å²) in [5.41, 5.74) is 0. The number of urea groups is 1. The van der Waals surface area contributed by atoms with Gasteiger partial charge >= 0.3 is 6.03 Å². The van der Waals surface area contributed by atoms with Crippen LogP contribution in [0, 0.1) is 0 Å². The summed E-state index contributed by atoms with van der Waals surface area (Å²) in [6.07, 6.45) is 5.48. The van der Waals surface area contributed by atoms with E-state index < -0.39 is 0 Å². The monoisotopic (exact) mass is 216 g/mol. The summed E-state index contributed by atoms with van der Waals surface area (Å²) in [6, 6.07) is 0.121. The van der Waals surface area contributed by atoms with Crippen molar-refractivity contribution in [3.63, 3.8) is 0 Å². The van der Waals surface area contributed by atoms with Crippen LogP contribution in [0.1, 0.15) is 26.2 Å². The van der Waals surface area contributed by atoms with Crippen LogP contribution in [0.2, 0.25) is 0 Å². The topological polar surface area (TPSA) is 32.3 Å². The van der Waals surface area contributed by atoms with Gasteiger partial charge in [-0.1, -0.05) is 6.92 Å². The lowest BCUT2D eigenvalue weighted by molar-refractivity contribution is 0.209. The lowest BCUT2D eigenvalue weighted by Crippen LogP contribution is -2.38. The molecule has 4 heteroatoms. The first-order chi connectivity index (χ1) is 6.74. The van der Waals surface area contributed by atoms with Gasteiger partial charge in [-0.05, 0) is 25.5 Å². The van der Waals surface area contributed by atoms with Gasteiger partial charge in [-0.2, -0.15) is 11.8 Å². The first kappa shape index (κ1) is 11.7. The Labute approximate surface area is 90.6 Å². The summed E-state index contributed by atoms with van der Waals surface area (Å²) >= 11 is 1.84. The van der Waals surface area contributed by atoms with Gasteiger partial charge < -0.3 is 10.2 Å². The lowest BCUT2D eigenvalue weighted by Gasteiger charge is -2.16. The molecule has 0 spiro atoms. The van der Waals surface area contributed by atoms with Crippen molar-refractivity contribution >= 4 is 17.8 Å². The molecule has 1 N–H and O–H groups in total. The van der Waals surface area contributed by atoms with Crippen molar-refractivity contribution in [2.24, 2.45) is 0 Å². The van der Waals surface area contributed by atoms with E-state index in [1.807, 2.05) is 16.7 Å². The third kappa shape index (κ3) is 3.78. The minimum Gasteiger partial charge on any atom is -0.338 e. The lowest BCUT2D eigenvalue weighted by atomic mass is 10.3. The molecular formula is C10H20N2OS. The molecule has 0 aromatic rings. The molecule has 1 unspecified atom stereocenters. The SMILES string of the molecule is CSC(C)CCNC(=O)N1CCCC1. The van der Waals surface area contributed by atoms with E-state index in [0.717, 1.165) is 38.9 Å². The van der Waals surface area contributed by atoms with E-state index >= 15 is 0 Å². The molecule has 1 atom stereocenters. The van der Waals surface area contributed by atoms with Gasteiger partial charge in [-0.25, -0.2) is 4.79 Å². The summed E-state index contributed by atoms with van der Waals surface area (Å²) < 4.78 is 0. The molecule has 1 heterocycles. The molecule has 3 nitrogen and oxygen atoms in total. The molecule has 0 radical (unpaired) electrons. The Balaban J connectivity index is 2.08. The molecule has 0 saturated carbocycles. The second-order valence-electron chi connectivity index (χ2n) is 3.76. The van der Waals surface area contributed by atoms with Crippen LogP contribution in [0.25, 0.3) is 0 Å². The molecule has 1 aliphatic heterocycles. The highest BCUT2D eigenvalue weighted by atomic mass is 32.2. The van der Waals surface area contributed by atoms with Crippen molar-refractivity contribution < 1.29 is 4.79 Å². The second kappa shape index (κ2) is 6.17. The fourth-order valence-corrected chi connectivity index (χ4v) is 1.89. The van der Waals surface area contributed by atoms with E-state index in [2.05, 4.69) is 18.5 Å². The quantitative estimate of drug-likeness (QED) is 0.779. The number of rotatable bonds is 4. The second-order valence-corrected chi connectivity index (χ2v) is 5.04. The molecule has 1 saturated heterocycles. The predicted octanol–water partition coefficient (Wildman–Crippen LogP) is 1.93. The maximum Gasteiger partial charge on any atom is 0.317 e. The highest BCUT2D eigenvalue weighted by Crippen LogP contribution is 2.09. The minimum atomic E-state index is 0.121. The highest BCUT2D eigenvalue weighted by Gasteiger charge is 2.16. The van der Waals surface area contributed by atoms with E-state index in [1.165, 1.54) is 0 Å². The maximum atomic E-state index is 11.5. The Morgan fingerprint density at radius 1 is 1.50 bits per heavy atom. The minimum absolute atomic E-state index is 0.121. The van der Waals surface area contributed by atoms with Crippen molar-refractivity contribution in [2.75, 3.05) is 25.9 Å². The van der Waals surface area contributed by atoms with Gasteiger partial charge in [0.2, 0.25) is 0 Å². The van der Waals surface area contributed by atoms with Gasteiger partial charge in [0, 0.05) is 24.9 Å². The smallest absolute Gasteiger partial charge is 0.317 e. The van der Waals surface area contributed by atoms with Crippen LogP contribution >= 0.6 is 11.8 Å². The van der Waals surface area contributed by atoms with Crippen molar-refractivity contribution in [1.29, 1.82) is 0 Å². The maximum absolute atomic E-state index is 11.5.